The summed E-state index contributed by atoms with van der Waals surface area (Å²) in [5.74, 6) is 0. The summed E-state index contributed by atoms with van der Waals surface area (Å²) in [4.78, 5) is 4.23. The van der Waals surface area contributed by atoms with E-state index in [-0.39, 0.29) is 11.5 Å². The van der Waals surface area contributed by atoms with E-state index in [2.05, 4.69) is 25.8 Å². The maximum absolute atomic E-state index is 5.31. The number of hydrogen-bond acceptors (Lipinski definition) is 3. The highest BCUT2D eigenvalue weighted by Gasteiger charge is 2.19. The Kier molecular flexibility index (Phi) is 2.64. The molecule has 1 rings (SSSR count). The molecule has 1 aromatic heterocycles. The van der Waals surface area contributed by atoms with Gasteiger partial charge >= 0.3 is 6.08 Å². The van der Waals surface area contributed by atoms with E-state index in [0.717, 1.165) is 5.69 Å². The SMILES string of the molecule is CC(C)Oc1nc(C(C)(C)C)co1. The molecule has 0 aromatic carbocycles. The van der Waals surface area contributed by atoms with Crippen LogP contribution in [-0.2, 0) is 5.41 Å². The normalized spacial score (nSPS) is 12.2. The fourth-order valence-corrected chi connectivity index (χ4v) is 0.858. The van der Waals surface area contributed by atoms with Crippen LogP contribution in [0, 0.1) is 0 Å². The van der Waals surface area contributed by atoms with Gasteiger partial charge < -0.3 is 9.15 Å². The second-order valence-electron chi connectivity index (χ2n) is 4.42. The lowest BCUT2D eigenvalue weighted by Crippen LogP contribution is -2.12. The molecule has 0 aliphatic rings. The van der Waals surface area contributed by atoms with Crippen molar-refractivity contribution in [3.63, 3.8) is 0 Å². The molecule has 13 heavy (non-hydrogen) atoms. The van der Waals surface area contributed by atoms with Gasteiger partial charge in [-0.05, 0) is 13.8 Å². The molecule has 3 nitrogen and oxygen atoms in total. The first kappa shape index (κ1) is 10.1. The monoisotopic (exact) mass is 183 g/mol. The van der Waals surface area contributed by atoms with E-state index in [0.29, 0.717) is 6.08 Å². The van der Waals surface area contributed by atoms with Crippen LogP contribution in [0.15, 0.2) is 10.7 Å². The zero-order valence-electron chi connectivity index (χ0n) is 8.92. The molecule has 0 saturated carbocycles. The van der Waals surface area contributed by atoms with Crippen molar-refractivity contribution in [2.24, 2.45) is 0 Å². The highest BCUT2D eigenvalue weighted by atomic mass is 16.6. The van der Waals surface area contributed by atoms with Crippen LogP contribution in [-0.4, -0.2) is 11.1 Å². The summed E-state index contributed by atoms with van der Waals surface area (Å²) < 4.78 is 10.5. The molecule has 1 aromatic rings. The van der Waals surface area contributed by atoms with Crippen molar-refractivity contribution in [2.75, 3.05) is 0 Å². The number of hydrogen-bond donors (Lipinski definition) is 0. The fraction of sp³-hybridized carbons (Fsp3) is 0.700. The average Bonchev–Trinajstić information content (AvgIpc) is 2.32. The minimum absolute atomic E-state index is 0.0160. The van der Waals surface area contributed by atoms with E-state index in [1.54, 1.807) is 6.26 Å². The summed E-state index contributed by atoms with van der Waals surface area (Å²) in [7, 11) is 0. The van der Waals surface area contributed by atoms with Crippen LogP contribution in [0.4, 0.5) is 0 Å². The second kappa shape index (κ2) is 3.40. The Morgan fingerprint density at radius 3 is 2.38 bits per heavy atom. The molecule has 0 radical (unpaired) electrons. The molecule has 0 amide bonds. The topological polar surface area (TPSA) is 35.3 Å². The predicted molar refractivity (Wildman–Crippen MR) is 51.0 cm³/mol. The van der Waals surface area contributed by atoms with E-state index in [1.807, 2.05) is 13.8 Å². The highest BCUT2D eigenvalue weighted by Crippen LogP contribution is 2.23. The van der Waals surface area contributed by atoms with Crippen LogP contribution >= 0.6 is 0 Å². The number of oxazole rings is 1. The number of aromatic nitrogens is 1. The second-order valence-corrected chi connectivity index (χ2v) is 4.42. The third kappa shape index (κ3) is 2.76. The van der Waals surface area contributed by atoms with Crippen molar-refractivity contribution >= 4 is 0 Å². The molecule has 0 N–H and O–H groups in total. The Morgan fingerprint density at radius 1 is 1.38 bits per heavy atom. The molecule has 0 spiro atoms. The van der Waals surface area contributed by atoms with Gasteiger partial charge in [0.25, 0.3) is 0 Å². The van der Waals surface area contributed by atoms with Crippen LogP contribution in [0.25, 0.3) is 0 Å². The minimum Gasteiger partial charge on any atom is -0.447 e. The molecule has 0 aliphatic heterocycles. The van der Waals surface area contributed by atoms with Gasteiger partial charge in [-0.1, -0.05) is 20.8 Å². The molecule has 0 aliphatic carbocycles. The maximum Gasteiger partial charge on any atom is 0.393 e. The van der Waals surface area contributed by atoms with Gasteiger partial charge in [-0.25, -0.2) is 0 Å². The average molecular weight is 183 g/mol. The van der Waals surface area contributed by atoms with Gasteiger partial charge in [0, 0.05) is 5.41 Å². The first-order valence-corrected chi connectivity index (χ1v) is 4.52. The molecule has 0 saturated heterocycles. The number of nitrogens with zero attached hydrogens (tertiary/aromatic N) is 1. The molecule has 0 bridgehead atoms. The Labute approximate surface area is 79.1 Å². The number of ether oxygens (including phenoxy) is 1. The molecule has 0 unspecified atom stereocenters. The zero-order valence-corrected chi connectivity index (χ0v) is 8.92. The molecule has 74 valence electrons. The van der Waals surface area contributed by atoms with Gasteiger partial charge in [-0.2, -0.15) is 4.98 Å². The van der Waals surface area contributed by atoms with Crippen molar-refractivity contribution in [2.45, 2.75) is 46.1 Å². The van der Waals surface area contributed by atoms with E-state index < -0.39 is 0 Å². The van der Waals surface area contributed by atoms with Crippen LogP contribution in [0.2, 0.25) is 0 Å². The zero-order chi connectivity index (χ0) is 10.1. The predicted octanol–water partition coefficient (Wildman–Crippen LogP) is 2.76. The van der Waals surface area contributed by atoms with Crippen LogP contribution < -0.4 is 4.74 Å². The summed E-state index contributed by atoms with van der Waals surface area (Å²) in [5.41, 5.74) is 0.936. The van der Waals surface area contributed by atoms with E-state index in [1.165, 1.54) is 0 Å². The lowest BCUT2D eigenvalue weighted by atomic mass is 9.93. The molecule has 0 atom stereocenters. The lowest BCUT2D eigenvalue weighted by Gasteiger charge is -2.12. The van der Waals surface area contributed by atoms with Crippen molar-refractivity contribution in [1.29, 1.82) is 0 Å². The van der Waals surface area contributed by atoms with Crippen molar-refractivity contribution in [3.05, 3.63) is 12.0 Å². The standard InChI is InChI=1S/C10H17NO2/c1-7(2)13-9-11-8(6-12-9)10(3,4)5/h6-7H,1-5H3. The van der Waals surface area contributed by atoms with E-state index >= 15 is 0 Å². The lowest BCUT2D eigenvalue weighted by molar-refractivity contribution is 0.176. The van der Waals surface area contributed by atoms with Crippen molar-refractivity contribution in [1.82, 2.24) is 4.98 Å². The third-order valence-corrected chi connectivity index (χ3v) is 1.59. The van der Waals surface area contributed by atoms with Crippen molar-refractivity contribution < 1.29 is 9.15 Å². The highest BCUT2D eigenvalue weighted by molar-refractivity contribution is 5.10. The van der Waals surface area contributed by atoms with Gasteiger partial charge in [0.05, 0.1) is 11.8 Å². The Morgan fingerprint density at radius 2 is 2.00 bits per heavy atom. The smallest absolute Gasteiger partial charge is 0.393 e. The van der Waals surface area contributed by atoms with E-state index in [4.69, 9.17) is 9.15 Å². The van der Waals surface area contributed by atoms with Gasteiger partial charge in [-0.15, -0.1) is 0 Å². The first-order valence-electron chi connectivity index (χ1n) is 4.52. The summed E-state index contributed by atoms with van der Waals surface area (Å²) >= 11 is 0. The Bertz CT molecular complexity index is 271. The summed E-state index contributed by atoms with van der Waals surface area (Å²) in [5, 5.41) is 0. The van der Waals surface area contributed by atoms with E-state index in [9.17, 15) is 0 Å². The van der Waals surface area contributed by atoms with Crippen LogP contribution in [0.3, 0.4) is 0 Å². The molecule has 0 fully saturated rings. The number of rotatable bonds is 2. The molecule has 3 heteroatoms. The van der Waals surface area contributed by atoms with Gasteiger partial charge in [0.2, 0.25) is 0 Å². The van der Waals surface area contributed by atoms with Crippen LogP contribution in [0.5, 0.6) is 6.08 Å². The van der Waals surface area contributed by atoms with Crippen molar-refractivity contribution in [3.8, 4) is 6.08 Å². The summed E-state index contributed by atoms with van der Waals surface area (Å²) in [6.07, 6.45) is 2.11. The minimum atomic E-state index is 0.0160. The Hall–Kier alpha value is -0.990. The quantitative estimate of drug-likeness (QED) is 0.707. The third-order valence-electron chi connectivity index (χ3n) is 1.59. The molecular formula is C10H17NO2. The summed E-state index contributed by atoms with van der Waals surface area (Å²) in [6, 6.07) is 0. The molecular weight excluding hydrogens is 166 g/mol. The maximum atomic E-state index is 5.31. The largest absolute Gasteiger partial charge is 0.447 e. The summed E-state index contributed by atoms with van der Waals surface area (Å²) in [6.45, 7) is 10.2. The molecule has 1 heterocycles. The fourth-order valence-electron chi connectivity index (χ4n) is 0.858. The Balaban J connectivity index is 2.75. The van der Waals surface area contributed by atoms with Gasteiger partial charge in [0.1, 0.15) is 6.26 Å². The van der Waals surface area contributed by atoms with Crippen LogP contribution in [0.1, 0.15) is 40.3 Å². The van der Waals surface area contributed by atoms with Gasteiger partial charge in [0.15, 0.2) is 0 Å². The van der Waals surface area contributed by atoms with Gasteiger partial charge in [-0.3, -0.25) is 0 Å². The first-order chi connectivity index (χ1) is 5.89.